The standard InChI is InChI=1S/C4H11O3P.C4H10/c1-2-3-4-7-8(5)6;1-3-4-2/h8H,2-4H2,1H3,(H,5,6);3-4H2,1-2H3. The molecule has 1 N–H and O–H groups in total. The molecule has 0 aliphatic heterocycles. The summed E-state index contributed by atoms with van der Waals surface area (Å²) in [6, 6.07) is 0. The summed E-state index contributed by atoms with van der Waals surface area (Å²) in [5.74, 6) is 0. The van der Waals surface area contributed by atoms with Crippen molar-refractivity contribution in [1.82, 2.24) is 0 Å². The summed E-state index contributed by atoms with van der Waals surface area (Å²) < 4.78 is 14.2. The van der Waals surface area contributed by atoms with E-state index in [0.717, 1.165) is 12.8 Å². The normalized spacial score (nSPS) is 11.7. The Hall–Kier alpha value is 0.150. The summed E-state index contributed by atoms with van der Waals surface area (Å²) in [7, 11) is -2.66. The second-order valence-electron chi connectivity index (χ2n) is 2.47. The van der Waals surface area contributed by atoms with Crippen LogP contribution in [0.4, 0.5) is 0 Å². The molecule has 0 aromatic heterocycles. The van der Waals surface area contributed by atoms with Gasteiger partial charge in [0.15, 0.2) is 0 Å². The van der Waals surface area contributed by atoms with Crippen molar-refractivity contribution in [2.45, 2.75) is 46.5 Å². The molecule has 4 heteroatoms. The third-order valence-electron chi connectivity index (χ3n) is 1.22. The summed E-state index contributed by atoms with van der Waals surface area (Å²) in [5, 5.41) is 0. The highest BCUT2D eigenvalue weighted by Gasteiger charge is 1.87. The molecule has 0 saturated heterocycles. The molecule has 0 rings (SSSR count). The molecule has 0 fully saturated rings. The first kappa shape index (κ1) is 14.7. The summed E-state index contributed by atoms with van der Waals surface area (Å²) in [6.07, 6.45) is 4.49. The minimum atomic E-state index is -2.66. The fourth-order valence-electron chi connectivity index (χ4n) is 0.304. The summed E-state index contributed by atoms with van der Waals surface area (Å²) in [5.41, 5.74) is 0. The van der Waals surface area contributed by atoms with Gasteiger partial charge in [-0.15, -0.1) is 0 Å². The molecular weight excluding hydrogens is 175 g/mol. The Bertz CT molecular complexity index is 94.3. The van der Waals surface area contributed by atoms with E-state index in [0.29, 0.717) is 6.61 Å². The van der Waals surface area contributed by atoms with Gasteiger partial charge in [0, 0.05) is 0 Å². The highest BCUT2D eigenvalue weighted by Crippen LogP contribution is 2.14. The van der Waals surface area contributed by atoms with E-state index in [1.165, 1.54) is 12.8 Å². The lowest BCUT2D eigenvalue weighted by atomic mass is 10.4. The van der Waals surface area contributed by atoms with Crippen LogP contribution in [-0.2, 0) is 9.09 Å². The number of unbranched alkanes of at least 4 members (excludes halogenated alkanes) is 2. The van der Waals surface area contributed by atoms with Crippen LogP contribution < -0.4 is 0 Å². The largest absolute Gasteiger partial charge is 0.326 e. The smallest absolute Gasteiger partial charge is 0.316 e. The van der Waals surface area contributed by atoms with Gasteiger partial charge in [-0.05, 0) is 6.42 Å². The van der Waals surface area contributed by atoms with E-state index >= 15 is 0 Å². The van der Waals surface area contributed by atoms with E-state index < -0.39 is 8.25 Å². The first-order valence-electron chi connectivity index (χ1n) is 4.54. The molecule has 0 spiro atoms. The van der Waals surface area contributed by atoms with Crippen LogP contribution in [0.25, 0.3) is 0 Å². The SMILES string of the molecule is CCCC.CCCCO[PH](=O)O. The zero-order chi connectivity index (χ0) is 9.82. The molecule has 0 bridgehead atoms. The van der Waals surface area contributed by atoms with E-state index in [9.17, 15) is 4.57 Å². The Kier molecular flexibility index (Phi) is 16.8. The third kappa shape index (κ3) is 22.5. The van der Waals surface area contributed by atoms with Crippen LogP contribution in [0.5, 0.6) is 0 Å². The topological polar surface area (TPSA) is 46.5 Å². The Balaban J connectivity index is 0. The van der Waals surface area contributed by atoms with Crippen LogP contribution in [0.3, 0.4) is 0 Å². The van der Waals surface area contributed by atoms with Gasteiger partial charge < -0.3 is 9.42 Å². The Morgan fingerprint density at radius 1 is 1.17 bits per heavy atom. The van der Waals surface area contributed by atoms with Crippen molar-refractivity contribution >= 4 is 8.25 Å². The molecular formula is C8H21O3P. The minimum absolute atomic E-state index is 0.408. The fourth-order valence-corrected chi connectivity index (χ4v) is 0.623. The molecule has 0 radical (unpaired) electrons. The lowest BCUT2D eigenvalue weighted by Gasteiger charge is -1.94. The fraction of sp³-hybridized carbons (Fsp3) is 1.00. The molecule has 76 valence electrons. The number of hydrogen-bond donors (Lipinski definition) is 1. The lowest BCUT2D eigenvalue weighted by molar-refractivity contribution is 0.276. The summed E-state index contributed by atoms with van der Waals surface area (Å²) in [6.45, 7) is 6.77. The van der Waals surface area contributed by atoms with E-state index in [-0.39, 0.29) is 0 Å². The van der Waals surface area contributed by atoms with Crippen LogP contribution in [0, 0.1) is 0 Å². The molecule has 0 amide bonds. The molecule has 3 nitrogen and oxygen atoms in total. The Labute approximate surface area is 76.1 Å². The summed E-state index contributed by atoms with van der Waals surface area (Å²) >= 11 is 0. The van der Waals surface area contributed by atoms with E-state index in [2.05, 4.69) is 18.4 Å². The summed E-state index contributed by atoms with van der Waals surface area (Å²) in [4.78, 5) is 8.10. The maximum Gasteiger partial charge on any atom is 0.316 e. The average molecular weight is 196 g/mol. The van der Waals surface area contributed by atoms with Crippen molar-refractivity contribution < 1.29 is 14.0 Å². The molecule has 12 heavy (non-hydrogen) atoms. The Morgan fingerprint density at radius 3 is 1.92 bits per heavy atom. The maximum atomic E-state index is 9.84. The van der Waals surface area contributed by atoms with Crippen molar-refractivity contribution in [1.29, 1.82) is 0 Å². The number of hydrogen-bond acceptors (Lipinski definition) is 2. The van der Waals surface area contributed by atoms with Crippen molar-refractivity contribution in [2.75, 3.05) is 6.61 Å². The first-order valence-corrected chi connectivity index (χ1v) is 5.81. The lowest BCUT2D eigenvalue weighted by Crippen LogP contribution is -1.82. The van der Waals surface area contributed by atoms with Gasteiger partial charge in [0.05, 0.1) is 6.61 Å². The van der Waals surface area contributed by atoms with Gasteiger partial charge in [-0.1, -0.05) is 40.0 Å². The first-order chi connectivity index (χ1) is 5.68. The minimum Gasteiger partial charge on any atom is -0.326 e. The second kappa shape index (κ2) is 13.7. The highest BCUT2D eigenvalue weighted by atomic mass is 31.1. The van der Waals surface area contributed by atoms with E-state index in [4.69, 9.17) is 4.89 Å². The van der Waals surface area contributed by atoms with Gasteiger partial charge >= 0.3 is 8.25 Å². The third-order valence-corrected chi connectivity index (χ3v) is 1.67. The molecule has 0 heterocycles. The number of rotatable bonds is 5. The molecule has 1 unspecified atom stereocenters. The predicted octanol–water partition coefficient (Wildman–Crippen LogP) is 2.99. The Morgan fingerprint density at radius 2 is 1.67 bits per heavy atom. The van der Waals surface area contributed by atoms with Gasteiger partial charge in [0.2, 0.25) is 0 Å². The highest BCUT2D eigenvalue weighted by molar-refractivity contribution is 7.32. The monoisotopic (exact) mass is 196 g/mol. The second-order valence-corrected chi connectivity index (χ2v) is 3.29. The van der Waals surface area contributed by atoms with Crippen LogP contribution >= 0.6 is 8.25 Å². The molecule has 0 aliphatic carbocycles. The van der Waals surface area contributed by atoms with Crippen molar-refractivity contribution in [3.05, 3.63) is 0 Å². The average Bonchev–Trinajstić information content (AvgIpc) is 2.05. The zero-order valence-electron chi connectivity index (χ0n) is 8.30. The van der Waals surface area contributed by atoms with Crippen molar-refractivity contribution in [3.8, 4) is 0 Å². The zero-order valence-corrected chi connectivity index (χ0v) is 9.30. The van der Waals surface area contributed by atoms with Crippen LogP contribution in [0.1, 0.15) is 46.5 Å². The van der Waals surface area contributed by atoms with Gasteiger partial charge in [0.25, 0.3) is 0 Å². The molecule has 0 aromatic carbocycles. The van der Waals surface area contributed by atoms with E-state index in [1.807, 2.05) is 6.92 Å². The van der Waals surface area contributed by atoms with Gasteiger partial charge in [0.1, 0.15) is 0 Å². The van der Waals surface area contributed by atoms with Gasteiger partial charge in [-0.25, -0.2) is 0 Å². The van der Waals surface area contributed by atoms with Crippen LogP contribution in [-0.4, -0.2) is 11.5 Å². The maximum absolute atomic E-state index is 9.84. The van der Waals surface area contributed by atoms with Crippen molar-refractivity contribution in [2.24, 2.45) is 0 Å². The molecule has 0 aliphatic rings. The van der Waals surface area contributed by atoms with Gasteiger partial charge in [-0.3, -0.25) is 4.57 Å². The van der Waals surface area contributed by atoms with Crippen LogP contribution in [0.2, 0.25) is 0 Å². The molecule has 0 saturated carbocycles. The van der Waals surface area contributed by atoms with E-state index in [1.54, 1.807) is 0 Å². The quantitative estimate of drug-likeness (QED) is 0.543. The van der Waals surface area contributed by atoms with Crippen molar-refractivity contribution in [3.63, 3.8) is 0 Å². The van der Waals surface area contributed by atoms with Gasteiger partial charge in [-0.2, -0.15) is 0 Å². The molecule has 0 aromatic rings. The van der Waals surface area contributed by atoms with Crippen LogP contribution in [0.15, 0.2) is 0 Å². The predicted molar refractivity (Wildman–Crippen MR) is 52.7 cm³/mol. The molecule has 1 atom stereocenters.